The maximum Gasteiger partial charge on any atom is 0.407 e. The zero-order valence-electron chi connectivity index (χ0n) is 18.3. The molecule has 2 unspecified atom stereocenters. The summed E-state index contributed by atoms with van der Waals surface area (Å²) in [6.45, 7) is 10.6. The van der Waals surface area contributed by atoms with Gasteiger partial charge in [0.25, 0.3) is 0 Å². The molecule has 0 aromatic carbocycles. The summed E-state index contributed by atoms with van der Waals surface area (Å²) >= 11 is 0. The van der Waals surface area contributed by atoms with Gasteiger partial charge in [-0.1, -0.05) is 53.4 Å². The van der Waals surface area contributed by atoms with Gasteiger partial charge in [-0.25, -0.2) is 9.59 Å². The predicted molar refractivity (Wildman–Crippen MR) is 110 cm³/mol. The van der Waals surface area contributed by atoms with E-state index in [1.165, 1.54) is 0 Å². The third kappa shape index (κ3) is 12.6. The molecule has 0 saturated carbocycles. The fourth-order valence-corrected chi connectivity index (χ4v) is 2.69. The molecular weight excluding hydrogens is 360 g/mol. The number of alkyl carbamates (subject to hydrolysis) is 1. The Hall–Kier alpha value is -1.79. The van der Waals surface area contributed by atoms with E-state index in [2.05, 4.69) is 24.5 Å². The molecule has 0 aromatic heterocycles. The van der Waals surface area contributed by atoms with E-state index in [-0.39, 0.29) is 12.5 Å². The van der Waals surface area contributed by atoms with Crippen LogP contribution in [-0.4, -0.2) is 43.3 Å². The van der Waals surface area contributed by atoms with E-state index >= 15 is 0 Å². The average Bonchev–Trinajstić information content (AvgIpc) is 2.65. The van der Waals surface area contributed by atoms with Gasteiger partial charge in [-0.15, -0.1) is 0 Å². The van der Waals surface area contributed by atoms with Crippen molar-refractivity contribution in [1.82, 2.24) is 10.6 Å². The lowest BCUT2D eigenvalue weighted by Crippen LogP contribution is -2.52. The van der Waals surface area contributed by atoms with E-state index in [1.807, 2.05) is 13.8 Å². The number of unbranched alkanes of at least 4 members (excludes halogenated alkanes) is 2. The van der Waals surface area contributed by atoms with Crippen molar-refractivity contribution in [3.63, 3.8) is 0 Å². The molecular formula is C21H40N2O5. The van der Waals surface area contributed by atoms with E-state index in [9.17, 15) is 14.4 Å². The van der Waals surface area contributed by atoms with Gasteiger partial charge in [0.1, 0.15) is 12.1 Å². The van der Waals surface area contributed by atoms with Crippen LogP contribution in [-0.2, 0) is 19.1 Å². The average molecular weight is 401 g/mol. The van der Waals surface area contributed by atoms with Crippen molar-refractivity contribution in [2.45, 2.75) is 98.1 Å². The molecule has 0 rings (SSSR count). The molecule has 7 heteroatoms. The second kappa shape index (κ2) is 16.2. The molecule has 28 heavy (non-hydrogen) atoms. The maximum absolute atomic E-state index is 12.7. The molecule has 0 bridgehead atoms. The van der Waals surface area contributed by atoms with Gasteiger partial charge in [0.2, 0.25) is 5.91 Å². The van der Waals surface area contributed by atoms with E-state index in [1.54, 1.807) is 6.92 Å². The Kier molecular flexibility index (Phi) is 15.2. The van der Waals surface area contributed by atoms with Crippen molar-refractivity contribution in [1.29, 1.82) is 0 Å². The second-order valence-electron chi connectivity index (χ2n) is 7.47. The SMILES string of the molecule is CCCCC(NC(=O)OCC)C(=O)NC(CCCC)C(=O)OCCCC(C)C. The molecule has 0 radical (unpaired) electrons. The van der Waals surface area contributed by atoms with Gasteiger partial charge in [-0.3, -0.25) is 4.79 Å². The van der Waals surface area contributed by atoms with Gasteiger partial charge >= 0.3 is 12.1 Å². The fraction of sp³-hybridized carbons (Fsp3) is 0.857. The molecule has 0 aliphatic heterocycles. The number of hydrogen-bond donors (Lipinski definition) is 2. The first-order valence-corrected chi connectivity index (χ1v) is 10.8. The number of carbonyl (C=O) groups is 3. The summed E-state index contributed by atoms with van der Waals surface area (Å²) < 4.78 is 10.3. The lowest BCUT2D eigenvalue weighted by Gasteiger charge is -2.22. The summed E-state index contributed by atoms with van der Waals surface area (Å²) in [5, 5.41) is 5.37. The molecule has 0 aliphatic carbocycles. The fourth-order valence-electron chi connectivity index (χ4n) is 2.69. The molecule has 0 saturated heterocycles. The first-order chi connectivity index (χ1) is 13.3. The minimum absolute atomic E-state index is 0.232. The molecule has 2 N–H and O–H groups in total. The van der Waals surface area contributed by atoms with E-state index in [4.69, 9.17) is 9.47 Å². The largest absolute Gasteiger partial charge is 0.464 e. The lowest BCUT2D eigenvalue weighted by molar-refractivity contribution is -0.148. The van der Waals surface area contributed by atoms with Crippen LogP contribution in [0.15, 0.2) is 0 Å². The summed E-state index contributed by atoms with van der Waals surface area (Å²) in [6.07, 6.45) is 5.57. The molecule has 0 heterocycles. The Bertz CT molecular complexity index is 454. The Morgan fingerprint density at radius 3 is 1.93 bits per heavy atom. The van der Waals surface area contributed by atoms with Crippen LogP contribution in [0.5, 0.6) is 0 Å². The van der Waals surface area contributed by atoms with Crippen molar-refractivity contribution < 1.29 is 23.9 Å². The van der Waals surface area contributed by atoms with Crippen LogP contribution in [0, 0.1) is 5.92 Å². The van der Waals surface area contributed by atoms with Crippen LogP contribution >= 0.6 is 0 Å². The summed E-state index contributed by atoms with van der Waals surface area (Å²) in [5.74, 6) is -0.222. The summed E-state index contributed by atoms with van der Waals surface area (Å²) in [6, 6.07) is -1.42. The van der Waals surface area contributed by atoms with Gasteiger partial charge in [-0.05, 0) is 38.5 Å². The maximum atomic E-state index is 12.7. The quantitative estimate of drug-likeness (QED) is 0.321. The molecule has 0 aromatic rings. The Labute approximate surface area is 170 Å². The van der Waals surface area contributed by atoms with Crippen LogP contribution in [0.3, 0.4) is 0 Å². The number of esters is 1. The van der Waals surface area contributed by atoms with E-state index in [0.29, 0.717) is 25.4 Å². The highest BCUT2D eigenvalue weighted by Gasteiger charge is 2.27. The highest BCUT2D eigenvalue weighted by atomic mass is 16.5. The number of ether oxygens (including phenoxy) is 2. The van der Waals surface area contributed by atoms with Crippen LogP contribution in [0.4, 0.5) is 4.79 Å². The molecule has 0 aliphatic rings. The number of amides is 2. The van der Waals surface area contributed by atoms with Gasteiger partial charge in [0.15, 0.2) is 0 Å². The van der Waals surface area contributed by atoms with Crippen LogP contribution < -0.4 is 10.6 Å². The summed E-state index contributed by atoms with van der Waals surface area (Å²) in [4.78, 5) is 36.9. The minimum atomic E-state index is -0.725. The molecule has 2 atom stereocenters. The van der Waals surface area contributed by atoms with Crippen molar-refractivity contribution in [3.8, 4) is 0 Å². The van der Waals surface area contributed by atoms with E-state index in [0.717, 1.165) is 38.5 Å². The van der Waals surface area contributed by atoms with Crippen molar-refractivity contribution >= 4 is 18.0 Å². The monoisotopic (exact) mass is 400 g/mol. The standard InChI is InChI=1S/C21H40N2O5/c1-6-9-13-17(23-21(26)27-8-3)19(24)22-18(14-10-7-2)20(25)28-15-11-12-16(4)5/h16-18H,6-15H2,1-5H3,(H,22,24)(H,23,26). The van der Waals surface area contributed by atoms with Crippen LogP contribution in [0.25, 0.3) is 0 Å². The summed E-state index contributed by atoms with van der Waals surface area (Å²) in [7, 11) is 0. The molecule has 0 fully saturated rings. The van der Waals surface area contributed by atoms with Crippen molar-refractivity contribution in [3.05, 3.63) is 0 Å². The van der Waals surface area contributed by atoms with Crippen LogP contribution in [0.1, 0.15) is 86.0 Å². The van der Waals surface area contributed by atoms with Crippen molar-refractivity contribution in [2.24, 2.45) is 5.92 Å². The zero-order chi connectivity index (χ0) is 21.4. The normalized spacial score (nSPS) is 12.9. The predicted octanol–water partition coefficient (Wildman–Crippen LogP) is 3.95. The third-order valence-corrected chi connectivity index (χ3v) is 4.35. The second-order valence-corrected chi connectivity index (χ2v) is 7.47. The first-order valence-electron chi connectivity index (χ1n) is 10.8. The van der Waals surface area contributed by atoms with Gasteiger partial charge < -0.3 is 20.1 Å². The number of hydrogen-bond acceptors (Lipinski definition) is 5. The number of carbonyl (C=O) groups excluding carboxylic acids is 3. The molecule has 7 nitrogen and oxygen atoms in total. The first kappa shape index (κ1) is 26.2. The highest BCUT2D eigenvalue weighted by Crippen LogP contribution is 2.08. The minimum Gasteiger partial charge on any atom is -0.464 e. The molecule has 0 spiro atoms. The zero-order valence-corrected chi connectivity index (χ0v) is 18.3. The Balaban J connectivity index is 4.85. The number of rotatable bonds is 15. The summed E-state index contributed by atoms with van der Waals surface area (Å²) in [5.41, 5.74) is 0. The van der Waals surface area contributed by atoms with E-state index < -0.39 is 24.1 Å². The molecule has 2 amide bonds. The lowest BCUT2D eigenvalue weighted by atomic mass is 10.1. The Morgan fingerprint density at radius 1 is 0.786 bits per heavy atom. The number of nitrogens with one attached hydrogen (secondary N) is 2. The topological polar surface area (TPSA) is 93.7 Å². The molecule has 164 valence electrons. The van der Waals surface area contributed by atoms with Crippen molar-refractivity contribution in [2.75, 3.05) is 13.2 Å². The van der Waals surface area contributed by atoms with Gasteiger partial charge in [-0.2, -0.15) is 0 Å². The van der Waals surface area contributed by atoms with Crippen LogP contribution in [0.2, 0.25) is 0 Å². The third-order valence-electron chi connectivity index (χ3n) is 4.35. The highest BCUT2D eigenvalue weighted by molar-refractivity contribution is 5.89. The van der Waals surface area contributed by atoms with Gasteiger partial charge in [0.05, 0.1) is 13.2 Å². The smallest absolute Gasteiger partial charge is 0.407 e. The van der Waals surface area contributed by atoms with Gasteiger partial charge in [0, 0.05) is 0 Å². The Morgan fingerprint density at radius 2 is 1.39 bits per heavy atom.